The molecular formula is C44H28. The third kappa shape index (κ3) is 3.71. The molecule has 0 radical (unpaired) electrons. The maximum atomic E-state index is 2.43. The van der Waals surface area contributed by atoms with Crippen molar-refractivity contribution in [3.05, 3.63) is 170 Å². The van der Waals surface area contributed by atoms with E-state index in [1.807, 2.05) is 0 Å². The van der Waals surface area contributed by atoms with Crippen LogP contribution in [0.15, 0.2) is 170 Å². The Bertz CT molecular complexity index is 2520. The zero-order valence-electron chi connectivity index (χ0n) is 24.2. The van der Waals surface area contributed by atoms with Crippen LogP contribution in [0.1, 0.15) is 0 Å². The van der Waals surface area contributed by atoms with Gasteiger partial charge in [-0.2, -0.15) is 0 Å². The predicted octanol–water partition coefficient (Wildman–Crippen LogP) is 12.5. The standard InChI is InChI=1S/C44H28/c1-3-14-29(15-4-1)32-24-13-25-33(42(32)30-16-5-2-6-17-30)31-26-27-40-41(28-31)36-20-9-12-23-39(36)43-37-21-10-7-18-34(37)35-19-8-11-22-38(35)44(40)43/h1-28H. The summed E-state index contributed by atoms with van der Waals surface area (Å²) in [4.78, 5) is 0. The van der Waals surface area contributed by atoms with Crippen molar-refractivity contribution in [1.29, 1.82) is 0 Å². The molecule has 0 aliphatic carbocycles. The van der Waals surface area contributed by atoms with Gasteiger partial charge in [0.15, 0.2) is 0 Å². The molecule has 0 amide bonds. The van der Waals surface area contributed by atoms with Gasteiger partial charge in [-0.3, -0.25) is 0 Å². The van der Waals surface area contributed by atoms with Gasteiger partial charge in [-0.15, -0.1) is 0 Å². The minimum Gasteiger partial charge on any atom is -0.0622 e. The molecule has 0 aromatic heterocycles. The molecule has 0 atom stereocenters. The first-order chi connectivity index (χ1) is 21.9. The van der Waals surface area contributed by atoms with Crippen LogP contribution in [-0.2, 0) is 0 Å². The molecule has 0 nitrogen and oxygen atoms in total. The molecule has 0 bridgehead atoms. The van der Waals surface area contributed by atoms with Crippen molar-refractivity contribution in [2.45, 2.75) is 0 Å². The van der Waals surface area contributed by atoms with E-state index >= 15 is 0 Å². The average Bonchev–Trinajstić information content (AvgIpc) is 3.11. The maximum Gasteiger partial charge on any atom is -0.00139 e. The Morgan fingerprint density at radius 1 is 0.227 bits per heavy atom. The number of fused-ring (bicyclic) bond motifs is 11. The Morgan fingerprint density at radius 3 is 1.18 bits per heavy atom. The number of hydrogen-bond acceptors (Lipinski definition) is 0. The van der Waals surface area contributed by atoms with Crippen molar-refractivity contribution < 1.29 is 0 Å². The van der Waals surface area contributed by atoms with E-state index in [9.17, 15) is 0 Å². The summed E-state index contributed by atoms with van der Waals surface area (Å²) in [6, 6.07) is 62.2. The fourth-order valence-corrected chi connectivity index (χ4v) is 7.36. The van der Waals surface area contributed by atoms with Crippen molar-refractivity contribution in [3.63, 3.8) is 0 Å². The van der Waals surface area contributed by atoms with Crippen LogP contribution in [0, 0.1) is 0 Å². The van der Waals surface area contributed by atoms with Gasteiger partial charge < -0.3 is 0 Å². The molecule has 0 heterocycles. The zero-order chi connectivity index (χ0) is 29.0. The third-order valence-corrected chi connectivity index (χ3v) is 9.23. The fraction of sp³-hybridized carbons (Fsp3) is 0. The summed E-state index contributed by atoms with van der Waals surface area (Å²) in [5, 5.41) is 13.1. The molecule has 0 heteroatoms. The molecule has 9 aromatic rings. The van der Waals surface area contributed by atoms with Gasteiger partial charge in [-0.05, 0) is 93.3 Å². The lowest BCUT2D eigenvalue weighted by Gasteiger charge is -2.19. The van der Waals surface area contributed by atoms with E-state index in [2.05, 4.69) is 170 Å². The lowest BCUT2D eigenvalue weighted by atomic mass is 9.84. The average molecular weight is 557 g/mol. The number of benzene rings is 9. The minimum absolute atomic E-state index is 1.22. The van der Waals surface area contributed by atoms with E-state index < -0.39 is 0 Å². The van der Waals surface area contributed by atoms with E-state index in [1.165, 1.54) is 87.2 Å². The van der Waals surface area contributed by atoms with E-state index in [4.69, 9.17) is 0 Å². The number of hydrogen-bond donors (Lipinski definition) is 0. The van der Waals surface area contributed by atoms with Gasteiger partial charge in [0, 0.05) is 0 Å². The van der Waals surface area contributed by atoms with Crippen LogP contribution < -0.4 is 0 Å². The van der Waals surface area contributed by atoms with Crippen LogP contribution in [0.4, 0.5) is 0 Å². The van der Waals surface area contributed by atoms with E-state index in [1.54, 1.807) is 0 Å². The second-order valence-corrected chi connectivity index (χ2v) is 11.6. The van der Waals surface area contributed by atoms with Gasteiger partial charge >= 0.3 is 0 Å². The summed E-state index contributed by atoms with van der Waals surface area (Å²) >= 11 is 0. The van der Waals surface area contributed by atoms with Crippen LogP contribution in [0.2, 0.25) is 0 Å². The van der Waals surface area contributed by atoms with Crippen molar-refractivity contribution in [2.24, 2.45) is 0 Å². The van der Waals surface area contributed by atoms with E-state index in [0.717, 1.165) is 0 Å². The highest BCUT2D eigenvalue weighted by Crippen LogP contribution is 2.46. The lowest BCUT2D eigenvalue weighted by molar-refractivity contribution is 1.57. The molecule has 0 spiro atoms. The van der Waals surface area contributed by atoms with Gasteiger partial charge in [-0.25, -0.2) is 0 Å². The van der Waals surface area contributed by atoms with Gasteiger partial charge in [0.05, 0.1) is 0 Å². The molecule has 9 rings (SSSR count). The van der Waals surface area contributed by atoms with Gasteiger partial charge in [-0.1, -0.05) is 164 Å². The first-order valence-electron chi connectivity index (χ1n) is 15.3. The van der Waals surface area contributed by atoms with Crippen molar-refractivity contribution in [2.75, 3.05) is 0 Å². The highest BCUT2D eigenvalue weighted by molar-refractivity contribution is 6.39. The van der Waals surface area contributed by atoms with Gasteiger partial charge in [0.25, 0.3) is 0 Å². The van der Waals surface area contributed by atoms with Crippen molar-refractivity contribution >= 4 is 53.9 Å². The summed E-state index contributed by atoms with van der Waals surface area (Å²) in [7, 11) is 0. The topological polar surface area (TPSA) is 0 Å². The van der Waals surface area contributed by atoms with E-state index in [-0.39, 0.29) is 0 Å². The van der Waals surface area contributed by atoms with Crippen LogP contribution in [-0.4, -0.2) is 0 Å². The molecule has 0 unspecified atom stereocenters. The predicted molar refractivity (Wildman–Crippen MR) is 190 cm³/mol. The maximum absolute atomic E-state index is 2.43. The van der Waals surface area contributed by atoms with E-state index in [0.29, 0.717) is 0 Å². The fourth-order valence-electron chi connectivity index (χ4n) is 7.36. The smallest absolute Gasteiger partial charge is 0.00139 e. The molecule has 44 heavy (non-hydrogen) atoms. The van der Waals surface area contributed by atoms with Crippen LogP contribution >= 0.6 is 0 Å². The van der Waals surface area contributed by atoms with Crippen LogP contribution in [0.3, 0.4) is 0 Å². The monoisotopic (exact) mass is 556 g/mol. The van der Waals surface area contributed by atoms with Crippen molar-refractivity contribution in [3.8, 4) is 33.4 Å². The highest BCUT2D eigenvalue weighted by atomic mass is 14.2. The third-order valence-electron chi connectivity index (χ3n) is 9.23. The molecule has 0 aliphatic heterocycles. The first-order valence-corrected chi connectivity index (χ1v) is 15.3. The van der Waals surface area contributed by atoms with Crippen LogP contribution in [0.5, 0.6) is 0 Å². The largest absolute Gasteiger partial charge is 0.0622 e. The molecule has 9 aromatic carbocycles. The lowest BCUT2D eigenvalue weighted by Crippen LogP contribution is -1.92. The summed E-state index contributed by atoms with van der Waals surface area (Å²) in [6.45, 7) is 0. The Labute approximate surface area is 256 Å². The Kier molecular flexibility index (Phi) is 5.61. The summed E-state index contributed by atoms with van der Waals surface area (Å²) in [6.07, 6.45) is 0. The summed E-state index contributed by atoms with van der Waals surface area (Å²) < 4.78 is 0. The molecule has 0 N–H and O–H groups in total. The molecule has 0 saturated heterocycles. The molecule has 0 saturated carbocycles. The quantitative estimate of drug-likeness (QED) is 0.190. The molecular weight excluding hydrogens is 528 g/mol. The molecule has 0 fully saturated rings. The van der Waals surface area contributed by atoms with Crippen molar-refractivity contribution in [1.82, 2.24) is 0 Å². The van der Waals surface area contributed by atoms with Crippen LogP contribution in [0.25, 0.3) is 87.2 Å². The van der Waals surface area contributed by atoms with Gasteiger partial charge in [0.1, 0.15) is 0 Å². The Morgan fingerprint density at radius 2 is 0.636 bits per heavy atom. The van der Waals surface area contributed by atoms with Gasteiger partial charge in [0.2, 0.25) is 0 Å². The SMILES string of the molecule is c1ccc(-c2cccc(-c3ccc4c(c3)c3ccccc3c3c5ccccc5c5ccccc5c43)c2-c2ccccc2)cc1. The second kappa shape index (κ2) is 9.93. The molecule has 0 aliphatic rings. The highest BCUT2D eigenvalue weighted by Gasteiger charge is 2.18. The Hall–Kier alpha value is -5.72. The minimum atomic E-state index is 1.22. The first kappa shape index (κ1) is 24.8. The normalized spacial score (nSPS) is 11.6. The summed E-state index contributed by atoms with van der Waals surface area (Å²) in [5.74, 6) is 0. The Balaban J connectivity index is 1.42. The molecule has 204 valence electrons. The summed E-state index contributed by atoms with van der Waals surface area (Å²) in [5.41, 5.74) is 7.43. The zero-order valence-corrected chi connectivity index (χ0v) is 24.2. The second-order valence-electron chi connectivity index (χ2n) is 11.6. The number of rotatable bonds is 3.